The average Bonchev–Trinajstić information content (AvgIpc) is 3.14. The van der Waals surface area contributed by atoms with E-state index in [2.05, 4.69) is 36.3 Å². The van der Waals surface area contributed by atoms with E-state index in [1.165, 1.54) is 83.5 Å². The summed E-state index contributed by atoms with van der Waals surface area (Å²) in [5, 5.41) is 5.93. The number of rotatable bonds is 36. The summed E-state index contributed by atoms with van der Waals surface area (Å²) >= 11 is 0. The summed E-state index contributed by atoms with van der Waals surface area (Å²) in [6.45, 7) is 10.9. The number of methoxy groups -OCH3 is 1. The van der Waals surface area contributed by atoms with Crippen LogP contribution in [0.3, 0.4) is 0 Å². The first-order valence-corrected chi connectivity index (χ1v) is 21.0. The Kier molecular flexibility index (Phi) is 34.5. The number of carbonyl (C=O) groups is 2. The molecule has 9 nitrogen and oxygen atoms in total. The number of carbonyl (C=O) groups excluding carboxylic acids is 2. The molecule has 298 valence electrons. The van der Waals surface area contributed by atoms with Crippen LogP contribution in [0, 0.1) is 0 Å². The maximum atomic E-state index is 11.8. The third kappa shape index (κ3) is 27.1. The summed E-state index contributed by atoms with van der Waals surface area (Å²) in [6, 6.07) is 0. The van der Waals surface area contributed by atoms with Gasteiger partial charge in [-0.1, -0.05) is 117 Å². The van der Waals surface area contributed by atoms with Crippen LogP contribution in [-0.4, -0.2) is 70.2 Å². The molecule has 1 atom stereocenters. The van der Waals surface area contributed by atoms with Crippen LogP contribution in [0.1, 0.15) is 181 Å². The fraction of sp³-hybridized carbons (Fsp3) is 0.857. The summed E-state index contributed by atoms with van der Waals surface area (Å²) in [5.74, 6) is -0.0490. The smallest absolute Gasteiger partial charge is 0.305 e. The Morgan fingerprint density at radius 1 is 0.667 bits per heavy atom. The van der Waals surface area contributed by atoms with Gasteiger partial charge in [-0.3, -0.25) is 14.4 Å². The van der Waals surface area contributed by atoms with E-state index in [1.807, 2.05) is 7.11 Å². The first kappa shape index (κ1) is 48.7. The molecule has 0 bridgehead atoms. The van der Waals surface area contributed by atoms with E-state index >= 15 is 0 Å². The van der Waals surface area contributed by atoms with E-state index in [-0.39, 0.29) is 5.97 Å². The Hall–Kier alpha value is -2.26. The van der Waals surface area contributed by atoms with Crippen LogP contribution in [-0.2, 0) is 19.1 Å². The fourth-order valence-electron chi connectivity index (χ4n) is 6.28. The largest absolute Gasteiger partial charge is 0.466 e. The summed E-state index contributed by atoms with van der Waals surface area (Å²) in [7, 11) is 3.50. The lowest BCUT2D eigenvalue weighted by molar-refractivity contribution is -0.143. The second-order valence-electron chi connectivity index (χ2n) is 14.2. The highest BCUT2D eigenvalue weighted by atomic mass is 16.5. The standard InChI is InChI=1S/C31H55N3O5.C11H24O/c1-3-4-5-9-14-20-27(36)39-26-18-13-8-11-16-23-34(22-15-10-6-7-12-17-25-35)24-19-21-33-29-28(32-2)30(37)31(29)38;1-4-6-8-10-11(12-3)9-7-5-2/h25,32-33H,3-24,26H2,1-2H3;11H,4-10H2,1-3H3. The summed E-state index contributed by atoms with van der Waals surface area (Å²) in [6.07, 6.45) is 29.6. The Morgan fingerprint density at radius 3 is 1.82 bits per heavy atom. The number of anilines is 2. The third-order valence-electron chi connectivity index (χ3n) is 9.62. The zero-order valence-electron chi connectivity index (χ0n) is 33.8. The zero-order chi connectivity index (χ0) is 37.8. The van der Waals surface area contributed by atoms with Gasteiger partial charge in [0.15, 0.2) is 0 Å². The molecule has 2 N–H and O–H groups in total. The van der Waals surface area contributed by atoms with Crippen LogP contribution in [0.15, 0.2) is 9.59 Å². The number of aldehydes is 1. The normalized spacial score (nSPS) is 11.7. The molecule has 0 aromatic heterocycles. The van der Waals surface area contributed by atoms with Crippen molar-refractivity contribution < 1.29 is 19.1 Å². The van der Waals surface area contributed by atoms with E-state index in [0.717, 1.165) is 90.1 Å². The van der Waals surface area contributed by atoms with E-state index in [4.69, 9.17) is 9.47 Å². The average molecular weight is 722 g/mol. The van der Waals surface area contributed by atoms with Gasteiger partial charge in [-0.15, -0.1) is 0 Å². The Labute approximate surface area is 312 Å². The molecule has 1 aromatic carbocycles. The molecule has 0 radical (unpaired) electrons. The molecule has 1 unspecified atom stereocenters. The van der Waals surface area contributed by atoms with Gasteiger partial charge < -0.3 is 29.8 Å². The molecular formula is C42H79N3O6. The molecular weight excluding hydrogens is 642 g/mol. The molecule has 51 heavy (non-hydrogen) atoms. The molecule has 0 aliphatic rings. The minimum absolute atomic E-state index is 0.0490. The Bertz CT molecular complexity index is 1010. The van der Waals surface area contributed by atoms with Crippen LogP contribution < -0.4 is 21.5 Å². The highest BCUT2D eigenvalue weighted by Crippen LogP contribution is 2.14. The van der Waals surface area contributed by atoms with Gasteiger partial charge in [0.1, 0.15) is 17.7 Å². The Balaban J connectivity index is 0.00000177. The van der Waals surface area contributed by atoms with E-state index < -0.39 is 10.9 Å². The van der Waals surface area contributed by atoms with Crippen molar-refractivity contribution in [2.24, 2.45) is 0 Å². The number of esters is 1. The van der Waals surface area contributed by atoms with Gasteiger partial charge in [-0.25, -0.2) is 0 Å². The second kappa shape index (κ2) is 36.1. The van der Waals surface area contributed by atoms with Crippen LogP contribution >= 0.6 is 0 Å². The first-order valence-electron chi connectivity index (χ1n) is 21.0. The van der Waals surface area contributed by atoms with E-state index in [9.17, 15) is 19.2 Å². The molecule has 0 aliphatic carbocycles. The van der Waals surface area contributed by atoms with Crippen molar-refractivity contribution in [3.8, 4) is 0 Å². The molecule has 9 heteroatoms. The molecule has 1 aromatic rings. The second-order valence-corrected chi connectivity index (χ2v) is 14.2. The SMILES string of the molecule is CCCCCC(CCCC)OC.CCCCCCCC(=O)OCCCCCCCN(CCCCCCCC=O)CCCNc1c(NC)c(=O)c1=O. The van der Waals surface area contributed by atoms with Crippen LogP contribution in [0.5, 0.6) is 0 Å². The minimum atomic E-state index is -0.439. The van der Waals surface area contributed by atoms with E-state index in [0.29, 0.717) is 43.5 Å². The van der Waals surface area contributed by atoms with Crippen molar-refractivity contribution in [2.75, 3.05) is 57.6 Å². The van der Waals surface area contributed by atoms with Gasteiger partial charge in [0.05, 0.1) is 12.7 Å². The number of unbranched alkanes of at least 4 members (excludes halogenated alkanes) is 16. The minimum Gasteiger partial charge on any atom is -0.466 e. The van der Waals surface area contributed by atoms with Crippen LogP contribution in [0.25, 0.3) is 0 Å². The highest BCUT2D eigenvalue weighted by Gasteiger charge is 2.19. The molecule has 0 saturated heterocycles. The molecule has 1 rings (SSSR count). The zero-order valence-corrected chi connectivity index (χ0v) is 33.8. The third-order valence-corrected chi connectivity index (χ3v) is 9.62. The van der Waals surface area contributed by atoms with Gasteiger partial charge in [0, 0.05) is 33.5 Å². The summed E-state index contributed by atoms with van der Waals surface area (Å²) < 4.78 is 10.8. The van der Waals surface area contributed by atoms with Crippen LogP contribution in [0.4, 0.5) is 11.4 Å². The van der Waals surface area contributed by atoms with Crippen molar-refractivity contribution in [2.45, 2.75) is 187 Å². The summed E-state index contributed by atoms with van der Waals surface area (Å²) in [4.78, 5) is 48.1. The van der Waals surface area contributed by atoms with Gasteiger partial charge in [-0.2, -0.15) is 0 Å². The highest BCUT2D eigenvalue weighted by molar-refractivity contribution is 5.73. The van der Waals surface area contributed by atoms with Gasteiger partial charge in [0.2, 0.25) is 0 Å². The molecule has 0 fully saturated rings. The van der Waals surface area contributed by atoms with Gasteiger partial charge in [-0.05, 0) is 71.0 Å². The maximum Gasteiger partial charge on any atom is 0.305 e. The number of nitrogens with one attached hydrogen (secondary N) is 2. The van der Waals surface area contributed by atoms with Crippen molar-refractivity contribution in [1.82, 2.24) is 4.90 Å². The van der Waals surface area contributed by atoms with Gasteiger partial charge in [0.25, 0.3) is 10.9 Å². The predicted octanol–water partition coefficient (Wildman–Crippen LogP) is 9.59. The van der Waals surface area contributed by atoms with Crippen LogP contribution in [0.2, 0.25) is 0 Å². The molecule has 0 spiro atoms. The number of nitrogens with zero attached hydrogens (tertiary/aromatic N) is 1. The van der Waals surface area contributed by atoms with Crippen molar-refractivity contribution >= 4 is 23.6 Å². The predicted molar refractivity (Wildman–Crippen MR) is 216 cm³/mol. The lowest BCUT2D eigenvalue weighted by Crippen LogP contribution is -2.37. The fourth-order valence-corrected chi connectivity index (χ4v) is 6.28. The van der Waals surface area contributed by atoms with Gasteiger partial charge >= 0.3 is 5.97 Å². The first-order chi connectivity index (χ1) is 24.9. The number of hydrogen-bond acceptors (Lipinski definition) is 9. The van der Waals surface area contributed by atoms with E-state index in [1.54, 1.807) is 7.05 Å². The summed E-state index contributed by atoms with van der Waals surface area (Å²) in [5.41, 5.74) is -0.0562. The Morgan fingerprint density at radius 2 is 1.20 bits per heavy atom. The number of hydrogen-bond donors (Lipinski definition) is 2. The quantitative estimate of drug-likeness (QED) is 0.0303. The molecule has 0 aliphatic heterocycles. The lowest BCUT2D eigenvalue weighted by atomic mass is 10.1. The number of ether oxygens (including phenoxy) is 2. The topological polar surface area (TPSA) is 114 Å². The lowest BCUT2D eigenvalue weighted by Gasteiger charge is -2.23. The molecule has 0 saturated carbocycles. The molecule has 0 heterocycles. The van der Waals surface area contributed by atoms with Crippen molar-refractivity contribution in [1.29, 1.82) is 0 Å². The monoisotopic (exact) mass is 722 g/mol. The van der Waals surface area contributed by atoms with Crippen molar-refractivity contribution in [3.05, 3.63) is 20.4 Å². The van der Waals surface area contributed by atoms with Crippen molar-refractivity contribution in [3.63, 3.8) is 0 Å². The molecule has 0 amide bonds. The maximum absolute atomic E-state index is 11.8.